The van der Waals surface area contributed by atoms with Gasteiger partial charge in [0, 0.05) is 25.1 Å². The molecular weight excluding hydrogens is 413 g/mol. The maximum absolute atomic E-state index is 13.2. The van der Waals surface area contributed by atoms with E-state index in [4.69, 9.17) is 4.74 Å². The molecule has 2 amide bonds. The lowest BCUT2D eigenvalue weighted by Gasteiger charge is -2.36. The number of benzene rings is 2. The van der Waals surface area contributed by atoms with Crippen molar-refractivity contribution in [2.45, 2.75) is 37.6 Å². The lowest BCUT2D eigenvalue weighted by atomic mass is 10.0. The number of ether oxygens (including phenoxy) is 1. The molecule has 0 aromatic heterocycles. The Morgan fingerprint density at radius 3 is 2.68 bits per heavy atom. The predicted octanol–water partition coefficient (Wildman–Crippen LogP) is 3.24. The molecule has 31 heavy (non-hydrogen) atoms. The summed E-state index contributed by atoms with van der Waals surface area (Å²) in [4.78, 5) is 25.4. The van der Waals surface area contributed by atoms with E-state index in [2.05, 4.69) is 5.32 Å². The second kappa shape index (κ2) is 8.22. The Hall–Kier alpha value is -3.07. The summed E-state index contributed by atoms with van der Waals surface area (Å²) in [7, 11) is 0. The number of alkyl halides is 3. The van der Waals surface area contributed by atoms with Gasteiger partial charge in [-0.25, -0.2) is 0 Å². The first-order valence-corrected chi connectivity index (χ1v) is 9.95. The number of carbonyl (C=O) groups excluding carboxylic acids is 2. The summed E-state index contributed by atoms with van der Waals surface area (Å²) >= 11 is 0. The average molecular weight is 434 g/mol. The van der Waals surface area contributed by atoms with Gasteiger partial charge in [-0.2, -0.15) is 13.2 Å². The van der Waals surface area contributed by atoms with E-state index < -0.39 is 35.4 Å². The first-order valence-electron chi connectivity index (χ1n) is 9.95. The number of hydrogen-bond acceptors (Lipinski definition) is 4. The topological polar surface area (TPSA) is 78.9 Å². The number of hydrogen-bond donors (Lipinski definition) is 2. The quantitative estimate of drug-likeness (QED) is 0.778. The minimum absolute atomic E-state index is 0.0410. The van der Waals surface area contributed by atoms with E-state index in [1.807, 2.05) is 0 Å². The molecule has 2 aromatic carbocycles. The molecule has 2 aliphatic heterocycles. The number of carbonyl (C=O) groups is 2. The Kier molecular flexibility index (Phi) is 5.62. The standard InChI is InChI=1S/C22H21F3N2O4/c23-22(24,25)16-4-2-1-3-15(16)21(30)27-10-9-19(18(28)12-27)31-14-6-7-17-13(11-14)5-8-20(29)26-17/h1-4,6-7,11,18-19,28H,5,8-10,12H2,(H,26,29)/t18-,19-/m1/s1. The van der Waals surface area contributed by atoms with E-state index in [0.29, 0.717) is 18.6 Å². The molecule has 2 heterocycles. The van der Waals surface area contributed by atoms with Gasteiger partial charge in [-0.1, -0.05) is 12.1 Å². The van der Waals surface area contributed by atoms with Crippen molar-refractivity contribution in [3.63, 3.8) is 0 Å². The summed E-state index contributed by atoms with van der Waals surface area (Å²) in [5, 5.41) is 13.3. The fourth-order valence-corrected chi connectivity index (χ4v) is 3.93. The molecule has 4 rings (SSSR count). The van der Waals surface area contributed by atoms with Gasteiger partial charge < -0.3 is 20.1 Å². The van der Waals surface area contributed by atoms with E-state index in [9.17, 15) is 27.9 Å². The third-order valence-electron chi connectivity index (χ3n) is 5.53. The van der Waals surface area contributed by atoms with Crippen molar-refractivity contribution >= 4 is 17.5 Å². The van der Waals surface area contributed by atoms with Crippen LogP contribution in [0.4, 0.5) is 18.9 Å². The van der Waals surface area contributed by atoms with Crippen molar-refractivity contribution in [3.05, 3.63) is 59.2 Å². The van der Waals surface area contributed by atoms with Crippen molar-refractivity contribution in [2.75, 3.05) is 18.4 Å². The zero-order valence-electron chi connectivity index (χ0n) is 16.5. The lowest BCUT2D eigenvalue weighted by molar-refractivity contribution is -0.138. The maximum Gasteiger partial charge on any atom is 0.417 e. The van der Waals surface area contributed by atoms with Crippen molar-refractivity contribution in [3.8, 4) is 5.75 Å². The summed E-state index contributed by atoms with van der Waals surface area (Å²) in [6.45, 7) is 0.0322. The van der Waals surface area contributed by atoms with Gasteiger partial charge in [0.2, 0.25) is 5.91 Å². The number of β-amino-alcohol motifs (C(OH)–C–C–N with tert-alkyl or cyclic N) is 1. The fraction of sp³-hybridized carbons (Fsp3) is 0.364. The van der Waals surface area contributed by atoms with Crippen molar-refractivity contribution < 1.29 is 32.6 Å². The number of nitrogens with one attached hydrogen (secondary N) is 1. The summed E-state index contributed by atoms with van der Waals surface area (Å²) in [6.07, 6.45) is -5.04. The molecule has 0 radical (unpaired) electrons. The third-order valence-corrected chi connectivity index (χ3v) is 5.53. The van der Waals surface area contributed by atoms with Gasteiger partial charge in [-0.3, -0.25) is 9.59 Å². The van der Waals surface area contributed by atoms with Crippen LogP contribution in [-0.4, -0.2) is 47.1 Å². The van der Waals surface area contributed by atoms with Crippen LogP contribution in [0.3, 0.4) is 0 Å². The Labute approximate surface area is 176 Å². The molecule has 0 saturated carbocycles. The van der Waals surface area contributed by atoms with Crippen LogP contribution in [0.1, 0.15) is 34.3 Å². The van der Waals surface area contributed by atoms with Crippen molar-refractivity contribution in [1.29, 1.82) is 0 Å². The highest BCUT2D eigenvalue weighted by molar-refractivity contribution is 5.96. The Morgan fingerprint density at radius 1 is 1.16 bits per heavy atom. The highest BCUT2D eigenvalue weighted by Crippen LogP contribution is 2.33. The normalized spacial score (nSPS) is 21.3. The first kappa shape index (κ1) is 21.2. The molecule has 0 bridgehead atoms. The first-order chi connectivity index (χ1) is 14.7. The number of aliphatic hydroxyl groups excluding tert-OH is 1. The molecule has 0 aliphatic carbocycles. The van der Waals surface area contributed by atoms with Crippen LogP contribution in [0.2, 0.25) is 0 Å². The zero-order chi connectivity index (χ0) is 22.2. The number of piperidine rings is 1. The maximum atomic E-state index is 13.2. The van der Waals surface area contributed by atoms with Crippen LogP contribution >= 0.6 is 0 Å². The number of fused-ring (bicyclic) bond motifs is 1. The Balaban J connectivity index is 1.43. The molecule has 1 fully saturated rings. The minimum atomic E-state index is -4.64. The van der Waals surface area contributed by atoms with Gasteiger partial charge in [-0.15, -0.1) is 0 Å². The molecular formula is C22H21F3N2O4. The van der Waals surface area contributed by atoms with Crippen molar-refractivity contribution in [1.82, 2.24) is 4.90 Å². The largest absolute Gasteiger partial charge is 0.488 e. The van der Waals surface area contributed by atoms with Crippen LogP contribution in [0.15, 0.2) is 42.5 Å². The second-order valence-electron chi connectivity index (χ2n) is 7.67. The third kappa shape index (κ3) is 4.51. The van der Waals surface area contributed by atoms with Crippen LogP contribution in [-0.2, 0) is 17.4 Å². The molecule has 164 valence electrons. The molecule has 0 unspecified atom stereocenters. The number of nitrogens with zero attached hydrogens (tertiary/aromatic N) is 1. The van der Waals surface area contributed by atoms with E-state index in [0.717, 1.165) is 23.4 Å². The van der Waals surface area contributed by atoms with E-state index in [-0.39, 0.29) is 25.4 Å². The zero-order valence-corrected chi connectivity index (χ0v) is 16.5. The number of rotatable bonds is 3. The number of halogens is 3. The van der Waals surface area contributed by atoms with Gasteiger partial charge in [-0.05, 0) is 42.3 Å². The average Bonchev–Trinajstić information content (AvgIpc) is 2.74. The molecule has 2 aliphatic rings. The number of aliphatic hydroxyl groups is 1. The highest BCUT2D eigenvalue weighted by atomic mass is 19.4. The number of aryl methyl sites for hydroxylation is 1. The number of likely N-dealkylation sites (tertiary alicyclic amines) is 1. The van der Waals surface area contributed by atoms with Gasteiger partial charge in [0.05, 0.1) is 17.7 Å². The molecule has 2 aromatic rings. The summed E-state index contributed by atoms with van der Waals surface area (Å²) in [5.74, 6) is -0.281. The molecule has 2 N–H and O–H groups in total. The van der Waals surface area contributed by atoms with Gasteiger partial charge in [0.15, 0.2) is 0 Å². The highest BCUT2D eigenvalue weighted by Gasteiger charge is 2.38. The van der Waals surface area contributed by atoms with Gasteiger partial charge in [0.25, 0.3) is 5.91 Å². The van der Waals surface area contributed by atoms with Crippen LogP contribution in [0.5, 0.6) is 5.75 Å². The molecule has 9 heteroatoms. The van der Waals surface area contributed by atoms with Gasteiger partial charge >= 0.3 is 6.18 Å². The van der Waals surface area contributed by atoms with Crippen molar-refractivity contribution in [2.24, 2.45) is 0 Å². The SMILES string of the molecule is O=C1CCc2cc(O[C@@H]3CCN(C(=O)c4ccccc4C(F)(F)F)C[C@H]3O)ccc2N1. The Morgan fingerprint density at radius 2 is 1.94 bits per heavy atom. The van der Waals surface area contributed by atoms with E-state index >= 15 is 0 Å². The fourth-order valence-electron chi connectivity index (χ4n) is 3.93. The summed E-state index contributed by atoms with van der Waals surface area (Å²) in [5.41, 5.74) is 0.239. The van der Waals surface area contributed by atoms with Gasteiger partial charge in [0.1, 0.15) is 18.0 Å². The minimum Gasteiger partial charge on any atom is -0.488 e. The van der Waals surface area contributed by atoms with E-state index in [1.54, 1.807) is 18.2 Å². The Bertz CT molecular complexity index is 1010. The van der Waals surface area contributed by atoms with Crippen LogP contribution in [0.25, 0.3) is 0 Å². The predicted molar refractivity (Wildman–Crippen MR) is 106 cm³/mol. The smallest absolute Gasteiger partial charge is 0.417 e. The molecule has 2 atom stereocenters. The number of anilines is 1. The molecule has 0 spiro atoms. The lowest BCUT2D eigenvalue weighted by Crippen LogP contribution is -2.51. The summed E-state index contributed by atoms with van der Waals surface area (Å²) in [6, 6.07) is 9.86. The van der Waals surface area contributed by atoms with Crippen LogP contribution < -0.4 is 10.1 Å². The number of amides is 2. The second-order valence-corrected chi connectivity index (χ2v) is 7.67. The molecule has 1 saturated heterocycles. The van der Waals surface area contributed by atoms with E-state index in [1.165, 1.54) is 17.0 Å². The van der Waals surface area contributed by atoms with Crippen LogP contribution in [0, 0.1) is 0 Å². The summed E-state index contributed by atoms with van der Waals surface area (Å²) < 4.78 is 45.6. The monoisotopic (exact) mass is 434 g/mol. The molecule has 6 nitrogen and oxygen atoms in total.